The van der Waals surface area contributed by atoms with Crippen LogP contribution < -0.4 is 4.90 Å². The Labute approximate surface area is 87.8 Å². The van der Waals surface area contributed by atoms with Crippen LogP contribution in [-0.4, -0.2) is 29.3 Å². The molecule has 1 amide bonds. The Hall–Kier alpha value is -1.55. The number of aliphatic hydroxyl groups excluding tert-OH is 1. The number of hydrogen-bond donors (Lipinski definition) is 2. The van der Waals surface area contributed by atoms with Crippen molar-refractivity contribution >= 4 is 11.6 Å². The van der Waals surface area contributed by atoms with Crippen molar-refractivity contribution in [2.75, 3.05) is 18.1 Å². The van der Waals surface area contributed by atoms with Gasteiger partial charge in [-0.2, -0.15) is 0 Å². The van der Waals surface area contributed by atoms with Crippen LogP contribution in [0.25, 0.3) is 0 Å². The van der Waals surface area contributed by atoms with Crippen LogP contribution in [0.4, 0.5) is 5.69 Å². The summed E-state index contributed by atoms with van der Waals surface area (Å²) < 4.78 is 0. The van der Waals surface area contributed by atoms with Gasteiger partial charge in [0.05, 0.1) is 12.1 Å². The molecule has 0 aromatic heterocycles. The zero-order valence-corrected chi connectivity index (χ0v) is 8.31. The fraction of sp³-hybridized carbons (Fsp3) is 0.364. The monoisotopic (exact) mass is 207 g/mol. The smallest absolute Gasteiger partial charge is 0.231 e. The summed E-state index contributed by atoms with van der Waals surface area (Å²) in [4.78, 5) is 13.2. The van der Waals surface area contributed by atoms with Crippen molar-refractivity contribution in [3.8, 4) is 5.75 Å². The molecule has 0 bridgehead atoms. The van der Waals surface area contributed by atoms with Crippen molar-refractivity contribution in [1.29, 1.82) is 0 Å². The van der Waals surface area contributed by atoms with Gasteiger partial charge in [0.1, 0.15) is 5.75 Å². The maximum absolute atomic E-state index is 11.6. The molecule has 4 heteroatoms. The number of benzene rings is 1. The first-order valence-electron chi connectivity index (χ1n) is 4.95. The maximum atomic E-state index is 11.6. The minimum Gasteiger partial charge on any atom is -0.508 e. The molecule has 2 rings (SSSR count). The molecule has 80 valence electrons. The van der Waals surface area contributed by atoms with Gasteiger partial charge in [0.15, 0.2) is 0 Å². The normalized spacial score (nSPS) is 14.5. The van der Waals surface area contributed by atoms with Crippen LogP contribution in [0, 0.1) is 0 Å². The average molecular weight is 207 g/mol. The van der Waals surface area contributed by atoms with E-state index in [1.54, 1.807) is 23.1 Å². The summed E-state index contributed by atoms with van der Waals surface area (Å²) in [6.45, 7) is 0.573. The molecule has 0 saturated heterocycles. The molecule has 0 aliphatic carbocycles. The van der Waals surface area contributed by atoms with Crippen molar-refractivity contribution in [2.24, 2.45) is 0 Å². The van der Waals surface area contributed by atoms with Gasteiger partial charge in [-0.05, 0) is 18.1 Å². The van der Waals surface area contributed by atoms with Gasteiger partial charge >= 0.3 is 0 Å². The summed E-state index contributed by atoms with van der Waals surface area (Å²) in [5.74, 6) is 0.196. The summed E-state index contributed by atoms with van der Waals surface area (Å²) in [5, 5.41) is 18.1. The lowest BCUT2D eigenvalue weighted by Gasteiger charge is -2.16. The molecule has 4 nitrogen and oxygen atoms in total. The number of hydrogen-bond acceptors (Lipinski definition) is 3. The Kier molecular flexibility index (Phi) is 2.60. The van der Waals surface area contributed by atoms with E-state index in [-0.39, 0.29) is 18.3 Å². The first-order valence-corrected chi connectivity index (χ1v) is 4.95. The molecular weight excluding hydrogens is 194 g/mol. The molecule has 2 N–H and O–H groups in total. The third-order valence-electron chi connectivity index (χ3n) is 2.54. The fourth-order valence-corrected chi connectivity index (χ4v) is 1.82. The zero-order valence-electron chi connectivity index (χ0n) is 8.31. The number of carbonyl (C=O) groups is 1. The van der Waals surface area contributed by atoms with Gasteiger partial charge < -0.3 is 15.1 Å². The molecule has 1 heterocycles. The predicted octanol–water partition coefficient (Wildman–Crippen LogP) is 0.664. The molecule has 0 radical (unpaired) electrons. The molecular formula is C11H13NO3. The topological polar surface area (TPSA) is 60.8 Å². The molecule has 0 unspecified atom stereocenters. The van der Waals surface area contributed by atoms with Crippen LogP contribution in [0.1, 0.15) is 12.0 Å². The zero-order chi connectivity index (χ0) is 10.8. The maximum Gasteiger partial charge on any atom is 0.231 e. The quantitative estimate of drug-likeness (QED) is 0.765. The van der Waals surface area contributed by atoms with Crippen LogP contribution in [0.3, 0.4) is 0 Å². The molecule has 15 heavy (non-hydrogen) atoms. The number of nitrogens with zero attached hydrogens (tertiary/aromatic N) is 1. The van der Waals surface area contributed by atoms with E-state index in [0.29, 0.717) is 19.4 Å². The van der Waals surface area contributed by atoms with Crippen LogP contribution in [0.5, 0.6) is 5.75 Å². The second-order valence-corrected chi connectivity index (χ2v) is 3.61. The second-order valence-electron chi connectivity index (χ2n) is 3.61. The first kappa shape index (κ1) is 9.98. The highest BCUT2D eigenvalue weighted by Crippen LogP contribution is 2.31. The van der Waals surface area contributed by atoms with Gasteiger partial charge in [-0.1, -0.05) is 6.07 Å². The van der Waals surface area contributed by atoms with E-state index in [1.807, 2.05) is 0 Å². The Morgan fingerprint density at radius 3 is 2.93 bits per heavy atom. The van der Waals surface area contributed by atoms with Gasteiger partial charge in [0, 0.05) is 19.2 Å². The van der Waals surface area contributed by atoms with Gasteiger partial charge in [0.2, 0.25) is 5.91 Å². The third-order valence-corrected chi connectivity index (χ3v) is 2.54. The number of anilines is 1. The third kappa shape index (κ3) is 1.80. The highest BCUT2D eigenvalue weighted by molar-refractivity contribution is 6.01. The van der Waals surface area contributed by atoms with E-state index in [1.165, 1.54) is 0 Å². The van der Waals surface area contributed by atoms with Crippen molar-refractivity contribution in [3.63, 3.8) is 0 Å². The van der Waals surface area contributed by atoms with Gasteiger partial charge in [-0.3, -0.25) is 4.79 Å². The van der Waals surface area contributed by atoms with E-state index in [9.17, 15) is 9.90 Å². The molecule has 1 aliphatic rings. The summed E-state index contributed by atoms with van der Waals surface area (Å²) in [5.41, 5.74) is 1.71. The number of phenolic OH excluding ortho intramolecular Hbond substituents is 1. The van der Waals surface area contributed by atoms with E-state index >= 15 is 0 Å². The lowest BCUT2D eigenvalue weighted by atomic mass is 10.1. The second kappa shape index (κ2) is 3.90. The minimum absolute atomic E-state index is 0.0315. The molecule has 0 saturated carbocycles. The van der Waals surface area contributed by atoms with Gasteiger partial charge in [-0.25, -0.2) is 0 Å². The Morgan fingerprint density at radius 1 is 1.40 bits per heavy atom. The Balaban J connectivity index is 2.27. The van der Waals surface area contributed by atoms with Crippen LogP contribution >= 0.6 is 0 Å². The number of rotatable bonds is 3. The Morgan fingerprint density at radius 2 is 2.20 bits per heavy atom. The van der Waals surface area contributed by atoms with Crippen LogP contribution in [-0.2, 0) is 11.2 Å². The number of amides is 1. The number of phenols is 1. The summed E-state index contributed by atoms with van der Waals surface area (Å²) in [6, 6.07) is 4.95. The van der Waals surface area contributed by atoms with E-state index in [4.69, 9.17) is 5.11 Å². The van der Waals surface area contributed by atoms with Crippen molar-refractivity contribution < 1.29 is 15.0 Å². The van der Waals surface area contributed by atoms with Gasteiger partial charge in [-0.15, -0.1) is 0 Å². The molecule has 0 atom stereocenters. The van der Waals surface area contributed by atoms with Crippen molar-refractivity contribution in [2.45, 2.75) is 12.8 Å². The highest BCUT2D eigenvalue weighted by atomic mass is 16.3. The predicted molar refractivity (Wildman–Crippen MR) is 55.9 cm³/mol. The van der Waals surface area contributed by atoms with E-state index < -0.39 is 0 Å². The number of aromatic hydroxyl groups is 1. The highest BCUT2D eigenvalue weighted by Gasteiger charge is 2.26. The first-order chi connectivity index (χ1) is 7.22. The summed E-state index contributed by atoms with van der Waals surface area (Å²) in [6.07, 6.45) is 0.946. The molecule has 1 aliphatic heterocycles. The lowest BCUT2D eigenvalue weighted by Crippen LogP contribution is -2.28. The summed E-state index contributed by atoms with van der Waals surface area (Å²) >= 11 is 0. The average Bonchev–Trinajstić information content (AvgIpc) is 2.51. The largest absolute Gasteiger partial charge is 0.508 e. The standard InChI is InChI=1S/C11H13NO3/c13-5-1-4-12-10-7-9(14)3-2-8(10)6-11(12)15/h2-3,7,13-14H,1,4-6H2. The van der Waals surface area contributed by atoms with E-state index in [2.05, 4.69) is 0 Å². The number of carbonyl (C=O) groups excluding carboxylic acids is 1. The number of aliphatic hydroxyl groups is 1. The van der Waals surface area contributed by atoms with Gasteiger partial charge in [0.25, 0.3) is 0 Å². The summed E-state index contributed by atoms with van der Waals surface area (Å²) in [7, 11) is 0. The fourth-order valence-electron chi connectivity index (χ4n) is 1.82. The molecule has 0 fully saturated rings. The molecule has 1 aromatic carbocycles. The molecule has 1 aromatic rings. The van der Waals surface area contributed by atoms with Crippen LogP contribution in [0.2, 0.25) is 0 Å². The number of fused-ring (bicyclic) bond motifs is 1. The van der Waals surface area contributed by atoms with Crippen LogP contribution in [0.15, 0.2) is 18.2 Å². The minimum atomic E-state index is 0.0315. The lowest BCUT2D eigenvalue weighted by molar-refractivity contribution is -0.117. The van der Waals surface area contributed by atoms with Crippen molar-refractivity contribution in [3.05, 3.63) is 23.8 Å². The molecule has 0 spiro atoms. The van der Waals surface area contributed by atoms with Crippen molar-refractivity contribution in [1.82, 2.24) is 0 Å². The van der Waals surface area contributed by atoms with E-state index in [0.717, 1.165) is 11.3 Å². The Bertz CT molecular complexity index is 389. The SMILES string of the molecule is O=C1Cc2ccc(O)cc2N1CCCO.